The van der Waals surface area contributed by atoms with Crippen LogP contribution in [0.15, 0.2) is 65.1 Å². The summed E-state index contributed by atoms with van der Waals surface area (Å²) in [5.41, 5.74) is 5.55. The molecule has 1 amide bonds. The number of carbonyl (C=O) groups is 1. The molecule has 4 rings (SSSR count). The van der Waals surface area contributed by atoms with Crippen LogP contribution in [-0.2, 0) is 6.42 Å². The minimum Gasteiger partial charge on any atom is -0.436 e. The van der Waals surface area contributed by atoms with Crippen LogP contribution in [0.3, 0.4) is 0 Å². The van der Waals surface area contributed by atoms with Gasteiger partial charge in [-0.1, -0.05) is 36.7 Å². The van der Waals surface area contributed by atoms with E-state index in [1.807, 2.05) is 37.3 Å². The molecule has 0 fully saturated rings. The molecule has 0 atom stereocenters. The monoisotopic (exact) mass is 449 g/mol. The summed E-state index contributed by atoms with van der Waals surface area (Å²) in [6.45, 7) is 4.01. The van der Waals surface area contributed by atoms with Crippen molar-refractivity contribution in [3.63, 3.8) is 0 Å². The van der Waals surface area contributed by atoms with Crippen molar-refractivity contribution in [3.8, 4) is 11.5 Å². The number of hydrogen-bond donors (Lipinski definition) is 2. The fourth-order valence-corrected chi connectivity index (χ4v) is 3.61. The van der Waals surface area contributed by atoms with Gasteiger partial charge in [0, 0.05) is 21.8 Å². The van der Waals surface area contributed by atoms with Crippen molar-refractivity contribution >= 4 is 51.6 Å². The van der Waals surface area contributed by atoms with Crippen molar-refractivity contribution < 1.29 is 9.21 Å². The van der Waals surface area contributed by atoms with Crippen LogP contribution < -0.4 is 10.6 Å². The molecule has 5 nitrogen and oxygen atoms in total. The highest BCUT2D eigenvalue weighted by atomic mass is 35.5. The summed E-state index contributed by atoms with van der Waals surface area (Å²) in [6.07, 6.45) is 0.921. The van der Waals surface area contributed by atoms with Crippen molar-refractivity contribution in [2.45, 2.75) is 20.3 Å². The molecule has 156 valence electrons. The number of aromatic nitrogens is 1. The first kappa shape index (κ1) is 21.0. The Hall–Kier alpha value is -3.22. The third-order valence-electron chi connectivity index (χ3n) is 5.01. The number of thiocarbonyl (C=S) groups is 1. The molecule has 0 saturated heterocycles. The second-order valence-corrected chi connectivity index (χ2v) is 7.91. The summed E-state index contributed by atoms with van der Waals surface area (Å²) in [5.74, 6) is 0.231. The zero-order chi connectivity index (χ0) is 22.0. The molecule has 1 aromatic heterocycles. The van der Waals surface area contributed by atoms with Gasteiger partial charge < -0.3 is 9.73 Å². The maximum Gasteiger partial charge on any atom is 0.257 e. The lowest BCUT2D eigenvalue weighted by molar-refractivity contribution is 0.0977. The lowest BCUT2D eigenvalue weighted by Crippen LogP contribution is -2.34. The second kappa shape index (κ2) is 8.88. The molecule has 3 aromatic carbocycles. The fraction of sp³-hybridized carbons (Fsp3) is 0.125. The number of carbonyl (C=O) groups excluding carboxylic acids is 1. The van der Waals surface area contributed by atoms with Crippen molar-refractivity contribution in [1.29, 1.82) is 0 Å². The predicted molar refractivity (Wildman–Crippen MR) is 129 cm³/mol. The summed E-state index contributed by atoms with van der Waals surface area (Å²) in [7, 11) is 0. The van der Waals surface area contributed by atoms with E-state index in [4.69, 9.17) is 28.2 Å². The SMILES string of the molecule is CCc1ccc(C(=O)NC(=S)Nc2cccc(-c3nc4cc(Cl)ccc4o3)c2C)cc1. The van der Waals surface area contributed by atoms with E-state index in [2.05, 4.69) is 22.5 Å². The number of fused-ring (bicyclic) bond motifs is 1. The molecule has 7 heteroatoms. The maximum atomic E-state index is 12.5. The molecule has 1 heterocycles. The second-order valence-electron chi connectivity index (χ2n) is 7.07. The topological polar surface area (TPSA) is 67.2 Å². The van der Waals surface area contributed by atoms with E-state index >= 15 is 0 Å². The average molecular weight is 450 g/mol. The van der Waals surface area contributed by atoms with Gasteiger partial charge in [-0.05, 0) is 79.2 Å². The molecule has 31 heavy (non-hydrogen) atoms. The molecule has 0 bridgehead atoms. The Morgan fingerprint density at radius 3 is 2.65 bits per heavy atom. The van der Waals surface area contributed by atoms with E-state index in [1.165, 1.54) is 5.56 Å². The summed E-state index contributed by atoms with van der Waals surface area (Å²) < 4.78 is 5.89. The Labute approximate surface area is 190 Å². The standard InChI is InChI=1S/C24H20ClN3O2S/c1-3-15-7-9-16(10-8-15)22(29)28-24(31)27-19-6-4-5-18(14(19)2)23-26-20-13-17(25)11-12-21(20)30-23/h4-13H,3H2,1-2H3,(H2,27,28,29,31). The van der Waals surface area contributed by atoms with Crippen molar-refractivity contribution in [1.82, 2.24) is 10.3 Å². The van der Waals surface area contributed by atoms with Crippen LogP contribution in [0.4, 0.5) is 5.69 Å². The molecule has 0 aliphatic carbocycles. The Morgan fingerprint density at radius 2 is 1.90 bits per heavy atom. The van der Waals surface area contributed by atoms with Gasteiger partial charge >= 0.3 is 0 Å². The van der Waals surface area contributed by atoms with E-state index < -0.39 is 0 Å². The molecular formula is C24H20ClN3O2S. The van der Waals surface area contributed by atoms with Gasteiger partial charge in [-0.2, -0.15) is 0 Å². The van der Waals surface area contributed by atoms with Gasteiger partial charge in [-0.15, -0.1) is 0 Å². The molecule has 0 saturated carbocycles. The minimum atomic E-state index is -0.259. The zero-order valence-electron chi connectivity index (χ0n) is 17.0. The molecule has 2 N–H and O–H groups in total. The first-order chi connectivity index (χ1) is 14.9. The van der Waals surface area contributed by atoms with Gasteiger partial charge in [-0.3, -0.25) is 10.1 Å². The number of nitrogens with zero attached hydrogens (tertiary/aromatic N) is 1. The van der Waals surface area contributed by atoms with Gasteiger partial charge in [0.25, 0.3) is 5.91 Å². The van der Waals surface area contributed by atoms with Gasteiger partial charge in [0.2, 0.25) is 5.89 Å². The maximum absolute atomic E-state index is 12.5. The molecule has 0 aliphatic rings. The van der Waals surface area contributed by atoms with Crippen molar-refractivity contribution in [2.24, 2.45) is 0 Å². The Morgan fingerprint density at radius 1 is 1.13 bits per heavy atom. The normalized spacial score (nSPS) is 10.8. The van der Waals surface area contributed by atoms with E-state index in [0.717, 1.165) is 23.2 Å². The number of oxazole rings is 1. The molecule has 0 radical (unpaired) electrons. The van der Waals surface area contributed by atoms with Gasteiger partial charge in [0.15, 0.2) is 10.7 Å². The highest BCUT2D eigenvalue weighted by molar-refractivity contribution is 7.80. The van der Waals surface area contributed by atoms with Crippen LogP contribution >= 0.6 is 23.8 Å². The van der Waals surface area contributed by atoms with E-state index in [1.54, 1.807) is 30.3 Å². The van der Waals surface area contributed by atoms with Crippen LogP contribution in [0, 0.1) is 6.92 Å². The highest BCUT2D eigenvalue weighted by Crippen LogP contribution is 2.31. The lowest BCUT2D eigenvalue weighted by atomic mass is 10.1. The smallest absolute Gasteiger partial charge is 0.257 e. The number of hydrogen-bond acceptors (Lipinski definition) is 4. The third kappa shape index (κ3) is 4.60. The first-order valence-electron chi connectivity index (χ1n) is 9.82. The number of nitrogens with one attached hydrogen (secondary N) is 2. The quantitative estimate of drug-likeness (QED) is 0.366. The number of rotatable bonds is 4. The van der Waals surface area contributed by atoms with E-state index in [9.17, 15) is 4.79 Å². The Balaban J connectivity index is 1.52. The van der Waals surface area contributed by atoms with Crippen LogP contribution in [-0.4, -0.2) is 16.0 Å². The molecular weight excluding hydrogens is 430 g/mol. The lowest BCUT2D eigenvalue weighted by Gasteiger charge is -2.13. The number of aryl methyl sites for hydroxylation is 1. The van der Waals surface area contributed by atoms with Crippen molar-refractivity contribution in [3.05, 3.63) is 82.4 Å². The average Bonchev–Trinajstić information content (AvgIpc) is 3.18. The van der Waals surface area contributed by atoms with Gasteiger partial charge in [0.1, 0.15) is 5.52 Å². The number of halogens is 1. The molecule has 0 aliphatic heterocycles. The highest BCUT2D eigenvalue weighted by Gasteiger charge is 2.14. The summed E-state index contributed by atoms with van der Waals surface area (Å²) in [4.78, 5) is 17.0. The third-order valence-corrected chi connectivity index (χ3v) is 5.45. The predicted octanol–water partition coefficient (Wildman–Crippen LogP) is 6.15. The van der Waals surface area contributed by atoms with E-state index in [0.29, 0.717) is 27.6 Å². The minimum absolute atomic E-state index is 0.217. The first-order valence-corrected chi connectivity index (χ1v) is 10.6. The number of amides is 1. The zero-order valence-corrected chi connectivity index (χ0v) is 18.6. The van der Waals surface area contributed by atoms with Crippen LogP contribution in [0.5, 0.6) is 0 Å². The number of anilines is 1. The van der Waals surface area contributed by atoms with Gasteiger partial charge in [-0.25, -0.2) is 4.98 Å². The summed E-state index contributed by atoms with van der Waals surface area (Å²) >= 11 is 11.4. The molecule has 0 unspecified atom stereocenters. The van der Waals surface area contributed by atoms with Crippen molar-refractivity contribution in [2.75, 3.05) is 5.32 Å². The molecule has 0 spiro atoms. The molecule has 4 aromatic rings. The summed E-state index contributed by atoms with van der Waals surface area (Å²) in [5, 5.41) is 6.64. The Bertz CT molecular complexity index is 1280. The largest absolute Gasteiger partial charge is 0.436 e. The van der Waals surface area contributed by atoms with E-state index in [-0.39, 0.29) is 11.0 Å². The summed E-state index contributed by atoms with van der Waals surface area (Å²) in [6, 6.07) is 18.5. The van der Waals surface area contributed by atoms with Crippen LogP contribution in [0.2, 0.25) is 5.02 Å². The Kier molecular flexibility index (Phi) is 6.02. The van der Waals surface area contributed by atoms with Crippen LogP contribution in [0.25, 0.3) is 22.6 Å². The van der Waals surface area contributed by atoms with Gasteiger partial charge in [0.05, 0.1) is 0 Å². The fourth-order valence-electron chi connectivity index (χ4n) is 3.24. The van der Waals surface area contributed by atoms with Crippen LogP contribution in [0.1, 0.15) is 28.4 Å². The number of benzene rings is 3.